The lowest BCUT2D eigenvalue weighted by molar-refractivity contribution is -0.141. The van der Waals surface area contributed by atoms with Crippen LogP contribution in [0.3, 0.4) is 0 Å². The summed E-state index contributed by atoms with van der Waals surface area (Å²) in [4.78, 5) is 23.7. The van der Waals surface area contributed by atoms with Crippen LogP contribution in [0.4, 0.5) is 0 Å². The first kappa shape index (κ1) is 19.0. The molecule has 4 rings (SSSR count). The van der Waals surface area contributed by atoms with Crippen LogP contribution in [0.15, 0.2) is 56.1 Å². The van der Waals surface area contributed by atoms with Gasteiger partial charge >= 0.3 is 5.97 Å². The maximum atomic E-state index is 12.5. The van der Waals surface area contributed by atoms with Crippen LogP contribution in [0.1, 0.15) is 19.3 Å². The number of carbonyl (C=O) groups is 1. The van der Waals surface area contributed by atoms with Crippen LogP contribution in [-0.2, 0) is 4.79 Å². The van der Waals surface area contributed by atoms with Crippen molar-refractivity contribution < 1.29 is 19.1 Å². The number of fused-ring (bicyclic) bond motifs is 1. The first-order chi connectivity index (χ1) is 13.4. The molecule has 7 heteroatoms. The van der Waals surface area contributed by atoms with Gasteiger partial charge in [0.15, 0.2) is 11.0 Å². The van der Waals surface area contributed by atoms with E-state index < -0.39 is 11.9 Å². The summed E-state index contributed by atoms with van der Waals surface area (Å²) in [6, 6.07) is 11.9. The maximum Gasteiger partial charge on any atom is 0.306 e. The van der Waals surface area contributed by atoms with Crippen LogP contribution in [0.25, 0.3) is 22.3 Å². The quantitative estimate of drug-likeness (QED) is 0.552. The molecule has 0 unspecified atom stereocenters. The summed E-state index contributed by atoms with van der Waals surface area (Å²) in [5.41, 5.74) is 0.743. The number of ether oxygens (including phenoxy) is 1. The average Bonchev–Trinajstić information content (AvgIpc) is 3.11. The minimum atomic E-state index is -0.796. The van der Waals surface area contributed by atoms with Gasteiger partial charge in [-0.05, 0) is 49.6 Å². The number of aliphatic carboxylic acids is 1. The van der Waals surface area contributed by atoms with Crippen LogP contribution in [0.5, 0.6) is 5.75 Å². The predicted molar refractivity (Wildman–Crippen MR) is 110 cm³/mol. The van der Waals surface area contributed by atoms with E-state index >= 15 is 0 Å². The Morgan fingerprint density at radius 3 is 2.79 bits per heavy atom. The highest BCUT2D eigenvalue weighted by molar-refractivity contribution is 9.10. The summed E-state index contributed by atoms with van der Waals surface area (Å²) in [6.45, 7) is 0. The fourth-order valence-electron chi connectivity index (χ4n) is 3.52. The molecular formula is C21H16BrClO5. The highest BCUT2D eigenvalue weighted by Gasteiger charge is 2.31. The van der Waals surface area contributed by atoms with Gasteiger partial charge in [0, 0.05) is 10.5 Å². The molecule has 0 radical (unpaired) electrons. The van der Waals surface area contributed by atoms with E-state index in [2.05, 4.69) is 15.9 Å². The van der Waals surface area contributed by atoms with Crippen molar-refractivity contribution in [1.82, 2.24) is 0 Å². The average molecular weight is 464 g/mol. The summed E-state index contributed by atoms with van der Waals surface area (Å²) >= 11 is 9.64. The highest BCUT2D eigenvalue weighted by atomic mass is 79.9. The number of halogens is 2. The van der Waals surface area contributed by atoms with E-state index in [0.29, 0.717) is 52.3 Å². The molecule has 2 aromatic carbocycles. The molecule has 1 aliphatic carbocycles. The first-order valence-electron chi connectivity index (χ1n) is 8.84. The third kappa shape index (κ3) is 3.66. The van der Waals surface area contributed by atoms with Crippen molar-refractivity contribution >= 4 is 44.5 Å². The zero-order chi connectivity index (χ0) is 19.8. The van der Waals surface area contributed by atoms with Crippen molar-refractivity contribution in [2.75, 3.05) is 0 Å². The van der Waals surface area contributed by atoms with E-state index in [1.807, 2.05) is 6.07 Å². The molecule has 0 bridgehead atoms. The summed E-state index contributed by atoms with van der Waals surface area (Å²) in [6.07, 6.45) is 1.50. The zero-order valence-corrected chi connectivity index (χ0v) is 17.0. The Morgan fingerprint density at radius 1 is 1.21 bits per heavy atom. The molecule has 3 aromatic rings. The number of hydrogen-bond acceptors (Lipinski definition) is 4. The van der Waals surface area contributed by atoms with Gasteiger partial charge in [-0.2, -0.15) is 0 Å². The SMILES string of the molecule is O=C(O)[C@@H]1CC[C@@H](Oc2cc(Br)ccc2-c2cc(=O)c3cccc(Cl)c3o2)C1. The zero-order valence-electron chi connectivity index (χ0n) is 14.7. The molecule has 5 nitrogen and oxygen atoms in total. The van der Waals surface area contributed by atoms with Gasteiger partial charge in [0.2, 0.25) is 0 Å². The van der Waals surface area contributed by atoms with Crippen LogP contribution >= 0.6 is 27.5 Å². The van der Waals surface area contributed by atoms with Gasteiger partial charge in [-0.25, -0.2) is 0 Å². The van der Waals surface area contributed by atoms with E-state index in [9.17, 15) is 14.7 Å². The fraction of sp³-hybridized carbons (Fsp3) is 0.238. The van der Waals surface area contributed by atoms with Crippen molar-refractivity contribution in [2.45, 2.75) is 25.4 Å². The number of hydrogen-bond donors (Lipinski definition) is 1. The van der Waals surface area contributed by atoms with Crippen LogP contribution < -0.4 is 10.2 Å². The van der Waals surface area contributed by atoms with Crippen molar-refractivity contribution in [2.24, 2.45) is 5.92 Å². The summed E-state index contributed by atoms with van der Waals surface area (Å²) < 4.78 is 12.9. The fourth-order valence-corrected chi connectivity index (χ4v) is 4.08. The molecule has 0 aliphatic heterocycles. The molecule has 28 heavy (non-hydrogen) atoms. The molecule has 0 spiro atoms. The smallest absolute Gasteiger partial charge is 0.306 e. The molecule has 1 fully saturated rings. The van der Waals surface area contributed by atoms with Crippen molar-refractivity contribution in [3.8, 4) is 17.1 Å². The Kier molecular flexibility index (Phi) is 5.17. The molecule has 1 N–H and O–H groups in total. The van der Waals surface area contributed by atoms with Gasteiger partial charge in [-0.3, -0.25) is 9.59 Å². The predicted octanol–water partition coefficient (Wildman–Crippen LogP) is 5.51. The van der Waals surface area contributed by atoms with Crippen LogP contribution in [0.2, 0.25) is 5.02 Å². The van der Waals surface area contributed by atoms with E-state index in [4.69, 9.17) is 20.8 Å². The number of para-hydroxylation sites is 1. The molecule has 2 atom stereocenters. The second-order valence-electron chi connectivity index (χ2n) is 6.82. The second kappa shape index (κ2) is 7.60. The van der Waals surface area contributed by atoms with E-state index in [1.54, 1.807) is 30.3 Å². The second-order valence-corrected chi connectivity index (χ2v) is 8.14. The number of carboxylic acid groups (broad SMARTS) is 1. The minimum absolute atomic E-state index is 0.195. The summed E-state index contributed by atoms with van der Waals surface area (Å²) in [7, 11) is 0. The molecule has 144 valence electrons. The third-order valence-corrected chi connectivity index (χ3v) is 5.73. The maximum absolute atomic E-state index is 12.5. The van der Waals surface area contributed by atoms with Crippen molar-refractivity contribution in [1.29, 1.82) is 0 Å². The van der Waals surface area contributed by atoms with Gasteiger partial charge in [0.25, 0.3) is 0 Å². The summed E-state index contributed by atoms with van der Waals surface area (Å²) in [5.74, 6) is -0.311. The molecule has 0 amide bonds. The van der Waals surface area contributed by atoms with Gasteiger partial charge < -0.3 is 14.3 Å². The number of benzene rings is 2. The highest BCUT2D eigenvalue weighted by Crippen LogP contribution is 2.37. The molecule has 1 saturated carbocycles. The third-order valence-electron chi connectivity index (χ3n) is 4.94. The lowest BCUT2D eigenvalue weighted by atomic mass is 10.1. The lowest BCUT2D eigenvalue weighted by Gasteiger charge is -2.17. The molecule has 1 heterocycles. The van der Waals surface area contributed by atoms with Crippen molar-refractivity contribution in [3.63, 3.8) is 0 Å². The van der Waals surface area contributed by atoms with Gasteiger partial charge in [0.1, 0.15) is 11.5 Å². The largest absolute Gasteiger partial charge is 0.490 e. The Hall–Kier alpha value is -2.31. The normalized spacial score (nSPS) is 19.1. The van der Waals surface area contributed by atoms with Gasteiger partial charge in [-0.15, -0.1) is 0 Å². The van der Waals surface area contributed by atoms with Crippen molar-refractivity contribution in [3.05, 3.63) is 62.2 Å². The number of rotatable bonds is 4. The lowest BCUT2D eigenvalue weighted by Crippen LogP contribution is -2.16. The standard InChI is InChI=1S/C21H16BrClO5/c22-12-5-7-15(18(9-12)27-13-6-4-11(8-13)21(25)26)19-10-17(24)14-2-1-3-16(23)20(14)28-19/h1-3,5,7,9-11,13H,4,6,8H2,(H,25,26)/t11-,13-/m1/s1. The topological polar surface area (TPSA) is 76.7 Å². The Morgan fingerprint density at radius 2 is 2.04 bits per heavy atom. The monoisotopic (exact) mass is 462 g/mol. The number of carboxylic acids is 1. The molecule has 1 aromatic heterocycles. The Bertz CT molecular complexity index is 1120. The summed E-state index contributed by atoms with van der Waals surface area (Å²) in [5, 5.41) is 9.98. The van der Waals surface area contributed by atoms with Crippen LogP contribution in [-0.4, -0.2) is 17.2 Å². The molecule has 0 saturated heterocycles. The van der Waals surface area contributed by atoms with E-state index in [1.165, 1.54) is 6.07 Å². The minimum Gasteiger partial charge on any atom is -0.490 e. The van der Waals surface area contributed by atoms with E-state index in [0.717, 1.165) is 4.47 Å². The van der Waals surface area contributed by atoms with Gasteiger partial charge in [0.05, 0.1) is 28.0 Å². The Balaban J connectivity index is 1.75. The molecular weight excluding hydrogens is 448 g/mol. The van der Waals surface area contributed by atoms with Gasteiger partial charge in [-0.1, -0.05) is 33.6 Å². The Labute approximate surface area is 174 Å². The molecule has 1 aliphatic rings. The van der Waals surface area contributed by atoms with Crippen LogP contribution in [0, 0.1) is 5.92 Å². The van der Waals surface area contributed by atoms with E-state index in [-0.39, 0.29) is 11.5 Å². The first-order valence-corrected chi connectivity index (χ1v) is 10.0.